The van der Waals surface area contributed by atoms with Gasteiger partial charge in [-0.25, -0.2) is 0 Å². The van der Waals surface area contributed by atoms with Gasteiger partial charge in [0, 0.05) is 12.8 Å². The Bertz CT molecular complexity index is 236. The molecule has 2 heteroatoms. The molecule has 3 unspecified atom stereocenters. The lowest BCUT2D eigenvalue weighted by molar-refractivity contribution is -0.153. The first kappa shape index (κ1) is 10.0. The third-order valence-electron chi connectivity index (χ3n) is 3.91. The van der Waals surface area contributed by atoms with Crippen LogP contribution in [0.3, 0.4) is 0 Å². The Hall–Kier alpha value is -0.530. The summed E-state index contributed by atoms with van der Waals surface area (Å²) in [7, 11) is 0. The van der Waals surface area contributed by atoms with Crippen LogP contribution in [-0.2, 0) is 9.53 Å². The maximum absolute atomic E-state index is 11.0. The summed E-state index contributed by atoms with van der Waals surface area (Å²) >= 11 is 0. The van der Waals surface area contributed by atoms with Gasteiger partial charge >= 0.3 is 5.97 Å². The zero-order valence-electron chi connectivity index (χ0n) is 9.08. The topological polar surface area (TPSA) is 26.3 Å². The smallest absolute Gasteiger partial charge is 0.302 e. The van der Waals surface area contributed by atoms with E-state index in [9.17, 15) is 4.79 Å². The maximum atomic E-state index is 11.0. The molecule has 2 fully saturated rings. The van der Waals surface area contributed by atoms with E-state index in [1.165, 1.54) is 32.6 Å². The Balaban J connectivity index is 2.07. The summed E-state index contributed by atoms with van der Waals surface area (Å²) in [5.74, 6) is 0.464. The minimum absolute atomic E-state index is 0.119. The summed E-state index contributed by atoms with van der Waals surface area (Å²) < 4.78 is 5.41. The summed E-state index contributed by atoms with van der Waals surface area (Å²) in [6, 6.07) is 0. The van der Waals surface area contributed by atoms with Crippen LogP contribution in [0, 0.1) is 17.8 Å². The first-order chi connectivity index (χ1) is 6.62. The third-order valence-corrected chi connectivity index (χ3v) is 3.91. The van der Waals surface area contributed by atoms with Crippen molar-refractivity contribution < 1.29 is 9.53 Å². The van der Waals surface area contributed by atoms with Crippen molar-refractivity contribution in [3.05, 3.63) is 6.42 Å². The van der Waals surface area contributed by atoms with Gasteiger partial charge in [-0.05, 0) is 43.9 Å². The Labute approximate surface area is 86.0 Å². The first-order valence-corrected chi connectivity index (χ1v) is 5.63. The van der Waals surface area contributed by atoms with E-state index in [1.807, 2.05) is 0 Å². The molecule has 0 N–H and O–H groups in total. The van der Waals surface area contributed by atoms with E-state index in [0.29, 0.717) is 11.3 Å². The molecule has 2 aliphatic rings. The van der Waals surface area contributed by atoms with Crippen LogP contribution in [-0.4, -0.2) is 12.1 Å². The lowest BCUT2D eigenvalue weighted by Crippen LogP contribution is -2.38. The van der Waals surface area contributed by atoms with E-state index >= 15 is 0 Å². The fourth-order valence-corrected chi connectivity index (χ4v) is 3.21. The number of rotatable bonds is 1. The second-order valence-corrected chi connectivity index (χ2v) is 4.93. The molecule has 0 aromatic rings. The quantitative estimate of drug-likeness (QED) is 0.601. The van der Waals surface area contributed by atoms with Crippen LogP contribution in [0.15, 0.2) is 0 Å². The molecular formula is C12H19O2. The number of hydrogen-bond acceptors (Lipinski definition) is 2. The monoisotopic (exact) mass is 195 g/mol. The molecule has 0 aromatic heterocycles. The molecule has 79 valence electrons. The van der Waals surface area contributed by atoms with Crippen LogP contribution in [0.2, 0.25) is 0 Å². The molecular weight excluding hydrogens is 176 g/mol. The summed E-state index contributed by atoms with van der Waals surface area (Å²) in [6.45, 7) is 3.84. The molecule has 14 heavy (non-hydrogen) atoms. The number of esters is 1. The first-order valence-electron chi connectivity index (χ1n) is 5.63. The van der Waals surface area contributed by atoms with Crippen molar-refractivity contribution in [2.75, 3.05) is 0 Å². The van der Waals surface area contributed by atoms with Crippen molar-refractivity contribution in [1.29, 1.82) is 0 Å². The van der Waals surface area contributed by atoms with Crippen LogP contribution < -0.4 is 0 Å². The van der Waals surface area contributed by atoms with Crippen molar-refractivity contribution in [1.82, 2.24) is 0 Å². The molecule has 0 spiro atoms. The highest BCUT2D eigenvalue weighted by Gasteiger charge is 2.46. The van der Waals surface area contributed by atoms with Crippen LogP contribution in [0.25, 0.3) is 0 Å². The summed E-state index contributed by atoms with van der Waals surface area (Å²) in [5, 5.41) is 0. The molecule has 2 aliphatic carbocycles. The molecule has 2 saturated carbocycles. The average molecular weight is 195 g/mol. The van der Waals surface area contributed by atoms with Crippen molar-refractivity contribution in [3.8, 4) is 0 Å². The molecule has 1 radical (unpaired) electrons. The van der Waals surface area contributed by atoms with Gasteiger partial charge in [-0.15, -0.1) is 0 Å². The second-order valence-electron chi connectivity index (χ2n) is 4.93. The fraction of sp³-hybridized carbons (Fsp3) is 0.833. The minimum atomic E-state index is -0.119. The Morgan fingerprint density at radius 1 is 1.50 bits per heavy atom. The molecule has 0 bridgehead atoms. The highest BCUT2D eigenvalue weighted by atomic mass is 16.5. The van der Waals surface area contributed by atoms with E-state index in [-0.39, 0.29) is 12.1 Å². The maximum Gasteiger partial charge on any atom is 0.302 e. The lowest BCUT2D eigenvalue weighted by Gasteiger charge is -2.40. The van der Waals surface area contributed by atoms with Crippen LogP contribution in [0.1, 0.15) is 46.0 Å². The minimum Gasteiger partial charge on any atom is -0.462 e. The molecule has 0 amide bonds. The van der Waals surface area contributed by atoms with Crippen molar-refractivity contribution in [2.45, 2.75) is 52.1 Å². The van der Waals surface area contributed by atoms with Gasteiger partial charge in [0.05, 0.1) is 0 Å². The number of carbonyl (C=O) groups is 1. The third kappa shape index (κ3) is 1.67. The van der Waals surface area contributed by atoms with E-state index in [0.717, 1.165) is 6.42 Å². The van der Waals surface area contributed by atoms with E-state index in [2.05, 4.69) is 13.3 Å². The molecule has 0 aliphatic heterocycles. The van der Waals surface area contributed by atoms with Crippen LogP contribution in [0.4, 0.5) is 0 Å². The van der Waals surface area contributed by atoms with Crippen LogP contribution in [0.5, 0.6) is 0 Å². The van der Waals surface area contributed by atoms with E-state index in [1.54, 1.807) is 0 Å². The Morgan fingerprint density at radius 2 is 2.29 bits per heavy atom. The average Bonchev–Trinajstić information content (AvgIpc) is 2.46. The Morgan fingerprint density at radius 3 is 3.00 bits per heavy atom. The van der Waals surface area contributed by atoms with Crippen LogP contribution >= 0.6 is 0 Å². The highest BCUT2D eigenvalue weighted by Crippen LogP contribution is 2.52. The predicted octanol–water partition coefficient (Wildman–Crippen LogP) is 2.72. The predicted molar refractivity (Wildman–Crippen MR) is 54.5 cm³/mol. The largest absolute Gasteiger partial charge is 0.462 e. The molecule has 0 saturated heterocycles. The number of ether oxygens (including phenoxy) is 1. The van der Waals surface area contributed by atoms with Gasteiger partial charge in [0.1, 0.15) is 6.10 Å². The highest BCUT2D eigenvalue weighted by molar-refractivity contribution is 5.66. The summed E-state index contributed by atoms with van der Waals surface area (Å²) in [5.41, 5.74) is 0.346. The van der Waals surface area contributed by atoms with Gasteiger partial charge in [0.2, 0.25) is 0 Å². The van der Waals surface area contributed by atoms with Gasteiger partial charge in [0.25, 0.3) is 0 Å². The fourth-order valence-electron chi connectivity index (χ4n) is 3.21. The zero-order valence-corrected chi connectivity index (χ0v) is 9.08. The molecule has 0 aromatic carbocycles. The van der Waals surface area contributed by atoms with Gasteiger partial charge in [-0.2, -0.15) is 0 Å². The van der Waals surface area contributed by atoms with E-state index in [4.69, 9.17) is 4.74 Å². The SMILES string of the molecule is CC(=O)OC1CCCC2(C)[CH]CCC12. The van der Waals surface area contributed by atoms with Crippen molar-refractivity contribution in [3.63, 3.8) is 0 Å². The molecule has 0 heterocycles. The van der Waals surface area contributed by atoms with Gasteiger partial charge < -0.3 is 4.74 Å². The Kier molecular flexibility index (Phi) is 2.54. The number of hydrogen-bond donors (Lipinski definition) is 0. The van der Waals surface area contributed by atoms with Crippen molar-refractivity contribution in [2.24, 2.45) is 11.3 Å². The molecule has 2 rings (SSSR count). The number of carbonyl (C=O) groups excluding carboxylic acids is 1. The normalized spacial score (nSPS) is 41.9. The van der Waals surface area contributed by atoms with E-state index < -0.39 is 0 Å². The molecule has 3 atom stereocenters. The summed E-state index contributed by atoms with van der Waals surface area (Å²) in [4.78, 5) is 11.0. The number of fused-ring (bicyclic) bond motifs is 1. The lowest BCUT2D eigenvalue weighted by atomic mass is 9.68. The zero-order chi connectivity index (χ0) is 10.2. The summed E-state index contributed by atoms with van der Waals surface area (Å²) in [6.07, 6.45) is 8.55. The standard InChI is InChI=1S/C12H19O2/c1-9(13)14-11-6-4-8-12(2)7-3-5-10(11)12/h7,10-11H,3-6,8H2,1-2H3. The van der Waals surface area contributed by atoms with Crippen molar-refractivity contribution >= 4 is 5.97 Å². The van der Waals surface area contributed by atoms with Gasteiger partial charge in [-0.1, -0.05) is 6.92 Å². The van der Waals surface area contributed by atoms with Gasteiger partial charge in [0.15, 0.2) is 0 Å². The second kappa shape index (κ2) is 3.56. The van der Waals surface area contributed by atoms with Gasteiger partial charge in [-0.3, -0.25) is 4.79 Å². The molecule has 2 nitrogen and oxygen atoms in total.